The summed E-state index contributed by atoms with van der Waals surface area (Å²) in [4.78, 5) is 32.0. The highest BCUT2D eigenvalue weighted by molar-refractivity contribution is 5.96. The first-order chi connectivity index (χ1) is 16.9. The lowest BCUT2D eigenvalue weighted by atomic mass is 10.1. The maximum atomic E-state index is 12.5. The average Bonchev–Trinajstić information content (AvgIpc) is 3.26. The van der Waals surface area contributed by atoms with Crippen LogP contribution in [0.2, 0.25) is 0 Å². The summed E-state index contributed by atoms with van der Waals surface area (Å²) in [6.45, 7) is 12.6. The second kappa shape index (κ2) is 9.83. The maximum absolute atomic E-state index is 12.5. The summed E-state index contributed by atoms with van der Waals surface area (Å²) >= 11 is 0. The standard InChI is InChI=1S/C26H34N6O3/c1-26(2,3)35-25(33)32-11-9-31(10-12-32)24-20(5-4-7-28-24)23-21-17-19(29-22(21)6-8-27-23)18-30-13-15-34-16-14-30/h4-8,17,29H,9-16,18H2,1-3H3. The fourth-order valence-corrected chi connectivity index (χ4v) is 4.67. The minimum atomic E-state index is -0.496. The summed E-state index contributed by atoms with van der Waals surface area (Å²) in [6, 6.07) is 8.28. The highest BCUT2D eigenvalue weighted by Gasteiger charge is 2.27. The molecule has 0 atom stereocenters. The number of rotatable bonds is 4. The number of amides is 1. The molecule has 186 valence electrons. The Bertz CT molecular complexity index is 1170. The molecule has 0 bridgehead atoms. The van der Waals surface area contributed by atoms with E-state index in [1.54, 1.807) is 4.90 Å². The molecule has 35 heavy (non-hydrogen) atoms. The van der Waals surface area contributed by atoms with Crippen LogP contribution in [-0.4, -0.2) is 88.9 Å². The number of carbonyl (C=O) groups excluding carboxylic acids is 1. The molecule has 1 amide bonds. The van der Waals surface area contributed by atoms with Crippen molar-refractivity contribution in [3.8, 4) is 11.3 Å². The van der Waals surface area contributed by atoms with Crippen molar-refractivity contribution in [3.05, 3.63) is 42.4 Å². The molecule has 3 aromatic rings. The topological polar surface area (TPSA) is 86.8 Å². The Balaban J connectivity index is 1.36. The first-order valence-corrected chi connectivity index (χ1v) is 12.3. The van der Waals surface area contributed by atoms with E-state index in [9.17, 15) is 4.79 Å². The predicted molar refractivity (Wildman–Crippen MR) is 135 cm³/mol. The third-order valence-electron chi connectivity index (χ3n) is 6.37. The van der Waals surface area contributed by atoms with Gasteiger partial charge in [0.15, 0.2) is 0 Å². The van der Waals surface area contributed by atoms with E-state index in [0.29, 0.717) is 26.2 Å². The van der Waals surface area contributed by atoms with Crippen molar-refractivity contribution in [1.29, 1.82) is 0 Å². The molecular weight excluding hydrogens is 444 g/mol. The van der Waals surface area contributed by atoms with Gasteiger partial charge in [-0.1, -0.05) is 0 Å². The first-order valence-electron chi connectivity index (χ1n) is 12.3. The number of fused-ring (bicyclic) bond motifs is 1. The molecule has 0 aromatic carbocycles. The van der Waals surface area contributed by atoms with Gasteiger partial charge in [-0.15, -0.1) is 0 Å². The van der Waals surface area contributed by atoms with E-state index in [1.165, 1.54) is 5.69 Å². The third-order valence-corrected chi connectivity index (χ3v) is 6.37. The van der Waals surface area contributed by atoms with Crippen LogP contribution in [0.5, 0.6) is 0 Å². The van der Waals surface area contributed by atoms with E-state index < -0.39 is 5.60 Å². The molecule has 0 aliphatic carbocycles. The number of morpholine rings is 1. The summed E-state index contributed by atoms with van der Waals surface area (Å²) in [5.41, 5.74) is 3.67. The number of pyridine rings is 2. The van der Waals surface area contributed by atoms with Crippen LogP contribution in [0.1, 0.15) is 26.5 Å². The highest BCUT2D eigenvalue weighted by atomic mass is 16.6. The number of nitrogens with zero attached hydrogens (tertiary/aromatic N) is 5. The predicted octanol–water partition coefficient (Wildman–Crippen LogP) is 3.51. The molecule has 9 nitrogen and oxygen atoms in total. The van der Waals surface area contributed by atoms with Gasteiger partial charge in [-0.05, 0) is 45.0 Å². The Hall–Kier alpha value is -3.17. The van der Waals surface area contributed by atoms with Crippen LogP contribution in [0, 0.1) is 0 Å². The molecule has 0 radical (unpaired) electrons. The van der Waals surface area contributed by atoms with Crippen LogP contribution in [0.15, 0.2) is 36.7 Å². The minimum absolute atomic E-state index is 0.259. The van der Waals surface area contributed by atoms with E-state index in [4.69, 9.17) is 19.4 Å². The number of carbonyl (C=O) groups is 1. The van der Waals surface area contributed by atoms with Crippen molar-refractivity contribution in [2.45, 2.75) is 32.9 Å². The summed E-state index contributed by atoms with van der Waals surface area (Å²) in [6.07, 6.45) is 3.41. The van der Waals surface area contributed by atoms with Gasteiger partial charge < -0.3 is 24.3 Å². The number of aromatic nitrogens is 3. The molecule has 0 unspecified atom stereocenters. The number of nitrogens with one attached hydrogen (secondary N) is 1. The average molecular weight is 479 g/mol. The van der Waals surface area contributed by atoms with E-state index >= 15 is 0 Å². The summed E-state index contributed by atoms with van der Waals surface area (Å²) < 4.78 is 11.0. The quantitative estimate of drug-likeness (QED) is 0.614. The molecule has 2 aliphatic heterocycles. The molecule has 2 fully saturated rings. The molecule has 5 rings (SSSR count). The van der Waals surface area contributed by atoms with Gasteiger partial charge in [-0.3, -0.25) is 9.88 Å². The number of hydrogen-bond donors (Lipinski definition) is 1. The molecule has 3 aromatic heterocycles. The van der Waals surface area contributed by atoms with Gasteiger partial charge in [0.2, 0.25) is 0 Å². The Morgan fingerprint density at radius 3 is 2.57 bits per heavy atom. The number of piperazine rings is 1. The van der Waals surface area contributed by atoms with Crippen molar-refractivity contribution < 1.29 is 14.3 Å². The van der Waals surface area contributed by atoms with Crippen LogP contribution in [0.3, 0.4) is 0 Å². The van der Waals surface area contributed by atoms with Gasteiger partial charge in [0.25, 0.3) is 0 Å². The van der Waals surface area contributed by atoms with Crippen LogP contribution < -0.4 is 4.90 Å². The fraction of sp³-hybridized carbons (Fsp3) is 0.500. The molecule has 9 heteroatoms. The third kappa shape index (κ3) is 5.41. The Kier molecular flexibility index (Phi) is 6.62. The molecule has 2 aliphatic rings. The highest BCUT2D eigenvalue weighted by Crippen LogP contribution is 2.33. The van der Waals surface area contributed by atoms with Gasteiger partial charge >= 0.3 is 6.09 Å². The number of hydrogen-bond acceptors (Lipinski definition) is 7. The van der Waals surface area contributed by atoms with Gasteiger partial charge in [0.05, 0.1) is 18.9 Å². The van der Waals surface area contributed by atoms with Crippen molar-refractivity contribution in [2.24, 2.45) is 0 Å². The Morgan fingerprint density at radius 2 is 1.83 bits per heavy atom. The zero-order chi connectivity index (χ0) is 24.4. The van der Waals surface area contributed by atoms with Crippen molar-refractivity contribution >= 4 is 22.8 Å². The monoisotopic (exact) mass is 478 g/mol. The SMILES string of the molecule is CC(C)(C)OC(=O)N1CCN(c2ncccc2-c2nccc3[nH]c(CN4CCOCC4)cc23)CC1. The molecule has 0 spiro atoms. The van der Waals surface area contributed by atoms with Crippen molar-refractivity contribution in [1.82, 2.24) is 24.8 Å². The minimum Gasteiger partial charge on any atom is -0.444 e. The molecular formula is C26H34N6O3. The van der Waals surface area contributed by atoms with E-state index in [-0.39, 0.29) is 6.09 Å². The van der Waals surface area contributed by atoms with Crippen LogP contribution in [0.25, 0.3) is 22.2 Å². The lowest BCUT2D eigenvalue weighted by Gasteiger charge is -2.36. The number of ether oxygens (including phenoxy) is 2. The molecule has 5 heterocycles. The van der Waals surface area contributed by atoms with Gasteiger partial charge in [0.1, 0.15) is 11.4 Å². The van der Waals surface area contributed by atoms with Gasteiger partial charge in [-0.2, -0.15) is 0 Å². The Morgan fingerprint density at radius 1 is 1.06 bits per heavy atom. The largest absolute Gasteiger partial charge is 0.444 e. The first kappa shape index (κ1) is 23.6. The summed E-state index contributed by atoms with van der Waals surface area (Å²) in [7, 11) is 0. The lowest BCUT2D eigenvalue weighted by Crippen LogP contribution is -2.50. The summed E-state index contributed by atoms with van der Waals surface area (Å²) in [5.74, 6) is 0.896. The number of H-pyrrole nitrogens is 1. The van der Waals surface area contributed by atoms with Crippen molar-refractivity contribution in [2.75, 3.05) is 57.4 Å². The second-order valence-corrected chi connectivity index (χ2v) is 10.1. The lowest BCUT2D eigenvalue weighted by molar-refractivity contribution is 0.0240. The fourth-order valence-electron chi connectivity index (χ4n) is 4.67. The van der Waals surface area contributed by atoms with Crippen molar-refractivity contribution in [3.63, 3.8) is 0 Å². The van der Waals surface area contributed by atoms with Gasteiger partial charge in [-0.25, -0.2) is 9.78 Å². The normalized spacial score (nSPS) is 17.7. The summed E-state index contributed by atoms with van der Waals surface area (Å²) in [5, 5.41) is 1.09. The maximum Gasteiger partial charge on any atom is 0.410 e. The zero-order valence-electron chi connectivity index (χ0n) is 20.8. The molecule has 2 saturated heterocycles. The molecule has 0 saturated carbocycles. The van der Waals surface area contributed by atoms with E-state index in [0.717, 1.165) is 60.8 Å². The smallest absolute Gasteiger partial charge is 0.410 e. The zero-order valence-corrected chi connectivity index (χ0v) is 20.8. The van der Waals surface area contributed by atoms with Crippen LogP contribution in [-0.2, 0) is 16.0 Å². The second-order valence-electron chi connectivity index (χ2n) is 10.1. The number of aromatic amines is 1. The number of anilines is 1. The van der Waals surface area contributed by atoms with E-state index in [2.05, 4.69) is 26.9 Å². The van der Waals surface area contributed by atoms with Gasteiger partial charge in [0, 0.05) is 80.4 Å². The molecule has 1 N–H and O–H groups in total. The Labute approximate surface area is 206 Å². The van der Waals surface area contributed by atoms with Crippen LogP contribution >= 0.6 is 0 Å². The van der Waals surface area contributed by atoms with Crippen LogP contribution in [0.4, 0.5) is 10.6 Å². The van der Waals surface area contributed by atoms with E-state index in [1.807, 2.05) is 45.3 Å².